The molecule has 6 nitrogen and oxygen atoms in total. The number of nitrogens with zero attached hydrogens (tertiary/aromatic N) is 3. The lowest BCUT2D eigenvalue weighted by atomic mass is 9.97. The maximum absolute atomic E-state index is 13.0. The van der Waals surface area contributed by atoms with Crippen LogP contribution in [0, 0.1) is 20.8 Å². The second-order valence-corrected chi connectivity index (χ2v) is 7.66. The number of aromatic nitrogens is 3. The van der Waals surface area contributed by atoms with Crippen molar-refractivity contribution in [2.75, 3.05) is 7.11 Å². The zero-order chi connectivity index (χ0) is 21.4. The van der Waals surface area contributed by atoms with Crippen LogP contribution in [-0.4, -0.2) is 26.4 Å². The highest BCUT2D eigenvalue weighted by atomic mass is 16.5. The van der Waals surface area contributed by atoms with Crippen LogP contribution in [0.2, 0.25) is 0 Å². The normalized spacial score (nSPS) is 12.3. The largest absolute Gasteiger partial charge is 0.497 e. The third kappa shape index (κ3) is 3.62. The number of aliphatic hydroxyl groups is 1. The molecule has 0 saturated carbocycles. The van der Waals surface area contributed by atoms with Gasteiger partial charge in [0.15, 0.2) is 0 Å². The first kappa shape index (κ1) is 19.9. The van der Waals surface area contributed by atoms with E-state index >= 15 is 0 Å². The molecule has 1 unspecified atom stereocenters. The van der Waals surface area contributed by atoms with E-state index in [1.54, 1.807) is 30.1 Å². The fourth-order valence-electron chi connectivity index (χ4n) is 3.72. The Hall–Kier alpha value is -3.38. The van der Waals surface area contributed by atoms with E-state index in [9.17, 15) is 9.90 Å². The minimum Gasteiger partial charge on any atom is -0.497 e. The number of aliphatic hydroxyl groups excluding tert-OH is 1. The van der Waals surface area contributed by atoms with Crippen molar-refractivity contribution in [2.45, 2.75) is 33.4 Å². The van der Waals surface area contributed by atoms with Crippen LogP contribution >= 0.6 is 0 Å². The number of hydrogen-bond donors (Lipinski definition) is 1. The van der Waals surface area contributed by atoms with Gasteiger partial charge in [-0.2, -0.15) is 5.10 Å². The van der Waals surface area contributed by atoms with Crippen molar-refractivity contribution in [3.05, 3.63) is 87.5 Å². The zero-order valence-corrected chi connectivity index (χ0v) is 17.6. The molecule has 0 aliphatic heterocycles. The number of methoxy groups -OCH3 is 1. The van der Waals surface area contributed by atoms with E-state index in [2.05, 4.69) is 18.1 Å². The SMILES string of the molecule is COc1cccc(-c2cc3c(=O)n(CC(O)c4cc(C)c(C)cc4C)ccn3n2)c1. The first-order valence-corrected chi connectivity index (χ1v) is 9.86. The van der Waals surface area contributed by atoms with E-state index in [1.807, 2.05) is 44.2 Å². The molecule has 0 aliphatic carbocycles. The summed E-state index contributed by atoms with van der Waals surface area (Å²) in [5, 5.41) is 15.3. The number of benzene rings is 2. The van der Waals surface area contributed by atoms with Crippen LogP contribution in [0.5, 0.6) is 5.75 Å². The topological polar surface area (TPSA) is 68.8 Å². The zero-order valence-electron chi connectivity index (χ0n) is 17.6. The third-order valence-corrected chi connectivity index (χ3v) is 5.58. The number of ether oxygens (including phenoxy) is 1. The molecule has 0 saturated heterocycles. The Morgan fingerprint density at radius 1 is 1.03 bits per heavy atom. The number of aryl methyl sites for hydroxylation is 3. The molecule has 154 valence electrons. The summed E-state index contributed by atoms with van der Waals surface area (Å²) in [6, 6.07) is 13.4. The van der Waals surface area contributed by atoms with Crippen LogP contribution in [0.4, 0.5) is 0 Å². The van der Waals surface area contributed by atoms with Gasteiger partial charge in [0, 0.05) is 18.0 Å². The van der Waals surface area contributed by atoms with Crippen molar-refractivity contribution in [2.24, 2.45) is 0 Å². The summed E-state index contributed by atoms with van der Waals surface area (Å²) in [7, 11) is 1.62. The molecule has 2 aromatic carbocycles. The molecule has 2 heterocycles. The smallest absolute Gasteiger partial charge is 0.276 e. The minimum atomic E-state index is -0.773. The van der Waals surface area contributed by atoms with Gasteiger partial charge in [-0.1, -0.05) is 24.3 Å². The quantitative estimate of drug-likeness (QED) is 0.550. The second kappa shape index (κ2) is 7.80. The summed E-state index contributed by atoms with van der Waals surface area (Å²) >= 11 is 0. The van der Waals surface area contributed by atoms with Crippen molar-refractivity contribution in [3.63, 3.8) is 0 Å². The molecule has 0 fully saturated rings. The monoisotopic (exact) mass is 403 g/mol. The lowest BCUT2D eigenvalue weighted by molar-refractivity contribution is 0.154. The van der Waals surface area contributed by atoms with Gasteiger partial charge in [-0.25, -0.2) is 4.52 Å². The molecule has 0 bridgehead atoms. The number of hydrogen-bond acceptors (Lipinski definition) is 4. The summed E-state index contributed by atoms with van der Waals surface area (Å²) < 4.78 is 8.38. The van der Waals surface area contributed by atoms with Gasteiger partial charge < -0.3 is 14.4 Å². The Balaban J connectivity index is 1.68. The van der Waals surface area contributed by atoms with Gasteiger partial charge in [-0.15, -0.1) is 0 Å². The summed E-state index contributed by atoms with van der Waals surface area (Å²) in [5.41, 5.74) is 5.99. The Labute approximate surface area is 175 Å². The lowest BCUT2D eigenvalue weighted by Crippen LogP contribution is -2.24. The highest BCUT2D eigenvalue weighted by Gasteiger charge is 2.15. The van der Waals surface area contributed by atoms with Crippen LogP contribution in [0.1, 0.15) is 28.4 Å². The third-order valence-electron chi connectivity index (χ3n) is 5.58. The van der Waals surface area contributed by atoms with E-state index in [1.165, 1.54) is 10.1 Å². The van der Waals surface area contributed by atoms with Crippen molar-refractivity contribution in [1.82, 2.24) is 14.2 Å². The molecule has 0 radical (unpaired) electrons. The Morgan fingerprint density at radius 3 is 2.57 bits per heavy atom. The van der Waals surface area contributed by atoms with Crippen molar-refractivity contribution in [3.8, 4) is 17.0 Å². The fourth-order valence-corrected chi connectivity index (χ4v) is 3.72. The molecule has 6 heteroatoms. The van der Waals surface area contributed by atoms with Crippen molar-refractivity contribution in [1.29, 1.82) is 0 Å². The van der Waals surface area contributed by atoms with E-state index in [-0.39, 0.29) is 12.1 Å². The van der Waals surface area contributed by atoms with Gasteiger partial charge in [-0.05, 0) is 61.2 Å². The van der Waals surface area contributed by atoms with E-state index in [4.69, 9.17) is 4.74 Å². The van der Waals surface area contributed by atoms with Crippen molar-refractivity contribution >= 4 is 5.52 Å². The number of rotatable bonds is 5. The van der Waals surface area contributed by atoms with Gasteiger partial charge in [-0.3, -0.25) is 4.79 Å². The summed E-state index contributed by atoms with van der Waals surface area (Å²) in [6.07, 6.45) is 2.63. The van der Waals surface area contributed by atoms with Gasteiger partial charge in [0.1, 0.15) is 11.3 Å². The number of fused-ring (bicyclic) bond motifs is 1. The van der Waals surface area contributed by atoms with Gasteiger partial charge in [0.25, 0.3) is 5.56 Å². The summed E-state index contributed by atoms with van der Waals surface area (Å²) in [6.45, 7) is 6.23. The molecule has 0 amide bonds. The fraction of sp³-hybridized carbons (Fsp3) is 0.250. The van der Waals surface area contributed by atoms with Crippen LogP contribution in [0.25, 0.3) is 16.8 Å². The average molecular weight is 403 g/mol. The molecule has 4 rings (SSSR count). The molecule has 0 spiro atoms. The molecule has 30 heavy (non-hydrogen) atoms. The van der Waals surface area contributed by atoms with Crippen LogP contribution in [0.3, 0.4) is 0 Å². The van der Waals surface area contributed by atoms with Gasteiger partial charge in [0.05, 0.1) is 25.5 Å². The standard InChI is InChI=1S/C24H25N3O3/c1-15-10-17(3)20(11-16(15)2)23(28)14-26-8-9-27-22(24(26)29)13-21(25-27)18-6-5-7-19(12-18)30-4/h5-13,23,28H,14H2,1-4H3. The predicted molar refractivity (Wildman–Crippen MR) is 117 cm³/mol. The average Bonchev–Trinajstić information content (AvgIpc) is 3.18. The Bertz CT molecular complexity index is 1290. The highest BCUT2D eigenvalue weighted by Crippen LogP contribution is 2.24. The highest BCUT2D eigenvalue weighted by molar-refractivity contribution is 5.66. The molecular weight excluding hydrogens is 378 g/mol. The predicted octanol–water partition coefficient (Wildman–Crippen LogP) is 3.83. The minimum absolute atomic E-state index is 0.179. The summed E-state index contributed by atoms with van der Waals surface area (Å²) in [4.78, 5) is 13.0. The maximum Gasteiger partial charge on any atom is 0.276 e. The van der Waals surface area contributed by atoms with E-state index < -0.39 is 6.10 Å². The van der Waals surface area contributed by atoms with E-state index in [0.29, 0.717) is 11.2 Å². The Morgan fingerprint density at radius 2 is 1.80 bits per heavy atom. The Kier molecular flexibility index (Phi) is 5.18. The molecule has 2 aromatic heterocycles. The van der Waals surface area contributed by atoms with Crippen molar-refractivity contribution < 1.29 is 9.84 Å². The maximum atomic E-state index is 13.0. The van der Waals surface area contributed by atoms with Crippen LogP contribution in [-0.2, 0) is 6.54 Å². The molecule has 1 N–H and O–H groups in total. The first-order chi connectivity index (χ1) is 14.4. The van der Waals surface area contributed by atoms with Gasteiger partial charge in [0.2, 0.25) is 0 Å². The molecular formula is C24H25N3O3. The van der Waals surface area contributed by atoms with E-state index in [0.717, 1.165) is 28.0 Å². The van der Waals surface area contributed by atoms with Gasteiger partial charge >= 0.3 is 0 Å². The first-order valence-electron chi connectivity index (χ1n) is 9.86. The molecule has 1 atom stereocenters. The second-order valence-electron chi connectivity index (χ2n) is 7.66. The summed E-state index contributed by atoms with van der Waals surface area (Å²) in [5.74, 6) is 0.730. The lowest BCUT2D eigenvalue weighted by Gasteiger charge is -2.17. The molecule has 4 aromatic rings. The van der Waals surface area contributed by atoms with Crippen LogP contribution in [0.15, 0.2) is 59.7 Å². The molecule has 0 aliphatic rings. The van der Waals surface area contributed by atoms with Crippen LogP contribution < -0.4 is 10.3 Å².